The van der Waals surface area contributed by atoms with Crippen LogP contribution in [0.15, 0.2) is 0 Å². The zero-order valence-corrected chi connectivity index (χ0v) is 10.0. The third-order valence-electron chi connectivity index (χ3n) is 2.68. The molecular weight excluding hydrogens is 246 g/mol. The standard InChI is InChI=1S/C10H18BrNO2/c11-6-2-1-5-10(14)12-7-3-4-9(12)8-13/h9,13H,1-8H2/t9-/m1/s1. The van der Waals surface area contributed by atoms with Crippen molar-refractivity contribution in [3.05, 3.63) is 0 Å². The summed E-state index contributed by atoms with van der Waals surface area (Å²) in [7, 11) is 0. The monoisotopic (exact) mass is 263 g/mol. The zero-order valence-electron chi connectivity index (χ0n) is 8.41. The van der Waals surface area contributed by atoms with Crippen molar-refractivity contribution in [2.24, 2.45) is 0 Å². The molecule has 1 N–H and O–H groups in total. The van der Waals surface area contributed by atoms with E-state index < -0.39 is 0 Å². The van der Waals surface area contributed by atoms with Gasteiger partial charge in [0, 0.05) is 18.3 Å². The zero-order chi connectivity index (χ0) is 10.4. The summed E-state index contributed by atoms with van der Waals surface area (Å²) in [5.41, 5.74) is 0. The molecule has 4 heteroatoms. The molecule has 0 bridgehead atoms. The molecule has 0 aliphatic carbocycles. The van der Waals surface area contributed by atoms with Gasteiger partial charge in [-0.25, -0.2) is 0 Å². The number of nitrogens with zero attached hydrogens (tertiary/aromatic N) is 1. The van der Waals surface area contributed by atoms with Crippen LogP contribution in [-0.2, 0) is 4.79 Å². The lowest BCUT2D eigenvalue weighted by Gasteiger charge is -2.22. The summed E-state index contributed by atoms with van der Waals surface area (Å²) < 4.78 is 0. The number of carbonyl (C=O) groups is 1. The molecule has 1 fully saturated rings. The smallest absolute Gasteiger partial charge is 0.222 e. The number of amides is 1. The Hall–Kier alpha value is -0.0900. The first-order valence-corrected chi connectivity index (χ1v) is 6.38. The lowest BCUT2D eigenvalue weighted by molar-refractivity contribution is -0.132. The molecule has 0 aromatic heterocycles. The predicted octanol–water partition coefficient (Wildman–Crippen LogP) is 1.53. The van der Waals surface area contributed by atoms with Crippen molar-refractivity contribution in [2.75, 3.05) is 18.5 Å². The highest BCUT2D eigenvalue weighted by Gasteiger charge is 2.27. The molecule has 14 heavy (non-hydrogen) atoms. The van der Waals surface area contributed by atoms with Crippen LogP contribution < -0.4 is 0 Å². The molecule has 3 nitrogen and oxygen atoms in total. The van der Waals surface area contributed by atoms with Crippen molar-refractivity contribution in [3.63, 3.8) is 0 Å². The van der Waals surface area contributed by atoms with Crippen molar-refractivity contribution in [1.82, 2.24) is 4.90 Å². The first kappa shape index (κ1) is 12.0. The van der Waals surface area contributed by atoms with E-state index in [1.165, 1.54) is 0 Å². The van der Waals surface area contributed by atoms with Gasteiger partial charge in [-0.15, -0.1) is 0 Å². The second-order valence-electron chi connectivity index (χ2n) is 3.71. The van der Waals surface area contributed by atoms with Crippen molar-refractivity contribution >= 4 is 21.8 Å². The summed E-state index contributed by atoms with van der Waals surface area (Å²) in [6, 6.07) is 0.0893. The van der Waals surface area contributed by atoms with E-state index in [0.29, 0.717) is 6.42 Å². The molecule has 1 aliphatic heterocycles. The maximum absolute atomic E-state index is 11.7. The van der Waals surface area contributed by atoms with E-state index in [2.05, 4.69) is 15.9 Å². The second-order valence-corrected chi connectivity index (χ2v) is 4.50. The third-order valence-corrected chi connectivity index (χ3v) is 3.24. The van der Waals surface area contributed by atoms with Crippen LogP contribution in [0, 0.1) is 0 Å². The van der Waals surface area contributed by atoms with Gasteiger partial charge in [-0.05, 0) is 25.7 Å². The molecule has 0 saturated carbocycles. The van der Waals surface area contributed by atoms with Crippen molar-refractivity contribution < 1.29 is 9.90 Å². The van der Waals surface area contributed by atoms with Crippen LogP contribution in [-0.4, -0.2) is 40.4 Å². The van der Waals surface area contributed by atoms with Gasteiger partial charge in [-0.3, -0.25) is 4.79 Å². The van der Waals surface area contributed by atoms with Gasteiger partial charge in [0.05, 0.1) is 12.6 Å². The summed E-state index contributed by atoms with van der Waals surface area (Å²) in [6.07, 6.45) is 4.61. The fourth-order valence-electron chi connectivity index (χ4n) is 1.87. The summed E-state index contributed by atoms with van der Waals surface area (Å²) in [4.78, 5) is 13.5. The van der Waals surface area contributed by atoms with Crippen LogP contribution in [0.2, 0.25) is 0 Å². The minimum atomic E-state index is 0.0893. The molecule has 1 saturated heterocycles. The fraction of sp³-hybridized carbons (Fsp3) is 0.900. The Balaban J connectivity index is 2.28. The molecule has 0 aromatic rings. The molecular formula is C10H18BrNO2. The molecule has 0 spiro atoms. The number of alkyl halides is 1. The predicted molar refractivity (Wildman–Crippen MR) is 59.5 cm³/mol. The number of aliphatic hydroxyl groups excluding tert-OH is 1. The summed E-state index contributed by atoms with van der Waals surface area (Å²) in [5.74, 6) is 0.211. The number of likely N-dealkylation sites (tertiary alicyclic amines) is 1. The van der Waals surface area contributed by atoms with Gasteiger partial charge in [0.1, 0.15) is 0 Å². The van der Waals surface area contributed by atoms with Crippen molar-refractivity contribution in [3.8, 4) is 0 Å². The normalized spacial score (nSPS) is 21.6. The number of rotatable bonds is 5. The van der Waals surface area contributed by atoms with E-state index in [1.807, 2.05) is 4.90 Å². The van der Waals surface area contributed by atoms with Gasteiger partial charge in [-0.2, -0.15) is 0 Å². The molecule has 1 atom stereocenters. The van der Waals surface area contributed by atoms with E-state index in [4.69, 9.17) is 5.11 Å². The maximum atomic E-state index is 11.7. The Kier molecular flexibility index (Phi) is 5.48. The van der Waals surface area contributed by atoms with Crippen LogP contribution >= 0.6 is 15.9 Å². The van der Waals surface area contributed by atoms with E-state index >= 15 is 0 Å². The molecule has 0 aromatic carbocycles. The molecule has 0 unspecified atom stereocenters. The maximum Gasteiger partial charge on any atom is 0.222 e. The highest BCUT2D eigenvalue weighted by Crippen LogP contribution is 2.18. The second kappa shape index (κ2) is 6.40. The minimum absolute atomic E-state index is 0.0893. The highest BCUT2D eigenvalue weighted by atomic mass is 79.9. The van der Waals surface area contributed by atoms with Crippen molar-refractivity contribution in [1.29, 1.82) is 0 Å². The number of carbonyl (C=O) groups excluding carboxylic acids is 1. The van der Waals surface area contributed by atoms with Gasteiger partial charge < -0.3 is 10.0 Å². The number of aliphatic hydroxyl groups is 1. The largest absolute Gasteiger partial charge is 0.394 e. The third kappa shape index (κ3) is 3.24. The van der Waals surface area contributed by atoms with E-state index in [9.17, 15) is 4.79 Å². The van der Waals surface area contributed by atoms with Crippen LogP contribution in [0.25, 0.3) is 0 Å². The van der Waals surface area contributed by atoms with Crippen LogP contribution in [0.5, 0.6) is 0 Å². The van der Waals surface area contributed by atoms with Crippen LogP contribution in [0.4, 0.5) is 0 Å². The average Bonchev–Trinajstić information content (AvgIpc) is 2.65. The van der Waals surface area contributed by atoms with Crippen LogP contribution in [0.3, 0.4) is 0 Å². The Morgan fingerprint density at radius 3 is 2.93 bits per heavy atom. The van der Waals surface area contributed by atoms with Crippen LogP contribution in [0.1, 0.15) is 32.1 Å². The number of unbranched alkanes of at least 4 members (excludes halogenated alkanes) is 1. The molecule has 1 heterocycles. The lowest BCUT2D eigenvalue weighted by Crippen LogP contribution is -2.37. The Morgan fingerprint density at radius 1 is 1.50 bits per heavy atom. The fourth-order valence-corrected chi connectivity index (χ4v) is 2.26. The summed E-state index contributed by atoms with van der Waals surface area (Å²) >= 11 is 3.34. The number of hydrogen-bond donors (Lipinski definition) is 1. The molecule has 1 rings (SSSR count). The first-order valence-electron chi connectivity index (χ1n) is 5.26. The topological polar surface area (TPSA) is 40.5 Å². The van der Waals surface area contributed by atoms with E-state index in [-0.39, 0.29) is 18.6 Å². The highest BCUT2D eigenvalue weighted by molar-refractivity contribution is 9.09. The molecule has 1 aliphatic rings. The Morgan fingerprint density at radius 2 is 2.29 bits per heavy atom. The molecule has 1 amide bonds. The summed E-state index contributed by atoms with van der Waals surface area (Å²) in [6.45, 7) is 0.947. The molecule has 82 valence electrons. The number of halogens is 1. The quantitative estimate of drug-likeness (QED) is 0.604. The molecule has 0 radical (unpaired) electrons. The lowest BCUT2D eigenvalue weighted by atomic mass is 10.2. The minimum Gasteiger partial charge on any atom is -0.394 e. The Bertz CT molecular complexity index is 187. The van der Waals surface area contributed by atoms with E-state index in [1.54, 1.807) is 0 Å². The average molecular weight is 264 g/mol. The SMILES string of the molecule is O=C(CCCCBr)N1CCC[C@@H]1CO. The van der Waals surface area contributed by atoms with Crippen molar-refractivity contribution in [2.45, 2.75) is 38.1 Å². The van der Waals surface area contributed by atoms with E-state index in [0.717, 1.165) is 37.6 Å². The van der Waals surface area contributed by atoms with Gasteiger partial charge in [0.2, 0.25) is 5.91 Å². The summed E-state index contributed by atoms with van der Waals surface area (Å²) in [5, 5.41) is 10.0. The van der Waals surface area contributed by atoms with Gasteiger partial charge >= 0.3 is 0 Å². The van der Waals surface area contributed by atoms with Gasteiger partial charge in [0.15, 0.2) is 0 Å². The number of hydrogen-bond acceptors (Lipinski definition) is 2. The van der Waals surface area contributed by atoms with Gasteiger partial charge in [0.25, 0.3) is 0 Å². The Labute approximate surface area is 93.6 Å². The van der Waals surface area contributed by atoms with Gasteiger partial charge in [-0.1, -0.05) is 15.9 Å². The first-order chi connectivity index (χ1) is 6.79.